The third-order valence-corrected chi connectivity index (χ3v) is 4.34. The van der Waals surface area contributed by atoms with Gasteiger partial charge in [-0.05, 0) is 19.3 Å². The van der Waals surface area contributed by atoms with Gasteiger partial charge in [-0.15, -0.1) is 11.3 Å². The average molecular weight is 278 g/mol. The quantitative estimate of drug-likeness (QED) is 0.878. The highest BCUT2D eigenvalue weighted by Gasteiger charge is 2.15. The SMILES string of the molecule is CCc1cnc(C(C)n2ccnc2NCC(C)C)s1. The molecule has 1 N–H and O–H groups in total. The Hall–Kier alpha value is -1.36. The number of hydrogen-bond donors (Lipinski definition) is 1. The van der Waals surface area contributed by atoms with E-state index in [0.29, 0.717) is 5.92 Å². The number of aromatic nitrogens is 3. The smallest absolute Gasteiger partial charge is 0.203 e. The molecule has 0 amide bonds. The lowest BCUT2D eigenvalue weighted by Crippen LogP contribution is -2.15. The molecule has 104 valence electrons. The first kappa shape index (κ1) is 14.1. The van der Waals surface area contributed by atoms with Gasteiger partial charge in [0.15, 0.2) is 0 Å². The molecule has 2 aromatic rings. The normalized spacial score (nSPS) is 12.9. The van der Waals surface area contributed by atoms with Crippen LogP contribution in [0.4, 0.5) is 5.95 Å². The van der Waals surface area contributed by atoms with Gasteiger partial charge in [-0.2, -0.15) is 0 Å². The summed E-state index contributed by atoms with van der Waals surface area (Å²) in [5.74, 6) is 1.53. The molecule has 0 saturated carbocycles. The molecule has 4 nitrogen and oxygen atoms in total. The van der Waals surface area contributed by atoms with Crippen molar-refractivity contribution in [2.24, 2.45) is 5.92 Å². The molecule has 0 saturated heterocycles. The Labute approximate surface area is 118 Å². The second kappa shape index (κ2) is 6.19. The topological polar surface area (TPSA) is 42.7 Å². The van der Waals surface area contributed by atoms with Crippen molar-refractivity contribution in [3.05, 3.63) is 28.5 Å². The molecule has 1 atom stereocenters. The molecule has 19 heavy (non-hydrogen) atoms. The molecule has 0 aliphatic rings. The standard InChI is InChI=1S/C14H22N4S/c1-5-12-9-16-13(19-12)11(4)18-7-6-15-14(18)17-8-10(2)3/h6-7,9-11H,5,8H2,1-4H3,(H,15,17). The van der Waals surface area contributed by atoms with Crippen LogP contribution in [0.3, 0.4) is 0 Å². The zero-order valence-corrected chi connectivity index (χ0v) is 12.9. The Kier molecular flexibility index (Phi) is 4.58. The van der Waals surface area contributed by atoms with Crippen LogP contribution in [0.25, 0.3) is 0 Å². The lowest BCUT2D eigenvalue weighted by molar-refractivity contribution is 0.625. The van der Waals surface area contributed by atoms with E-state index in [1.54, 1.807) is 11.3 Å². The highest BCUT2D eigenvalue weighted by molar-refractivity contribution is 7.11. The van der Waals surface area contributed by atoms with Crippen molar-refractivity contribution in [3.8, 4) is 0 Å². The molecule has 0 bridgehead atoms. The number of anilines is 1. The van der Waals surface area contributed by atoms with Gasteiger partial charge >= 0.3 is 0 Å². The van der Waals surface area contributed by atoms with E-state index in [0.717, 1.165) is 23.9 Å². The molecule has 0 aliphatic heterocycles. The van der Waals surface area contributed by atoms with E-state index in [1.165, 1.54) is 4.88 Å². The molecular weight excluding hydrogens is 256 g/mol. The first-order valence-electron chi connectivity index (χ1n) is 6.83. The van der Waals surface area contributed by atoms with Crippen LogP contribution in [0, 0.1) is 5.92 Å². The summed E-state index contributed by atoms with van der Waals surface area (Å²) in [5.41, 5.74) is 0. The Bertz CT molecular complexity index is 515. The van der Waals surface area contributed by atoms with Gasteiger partial charge < -0.3 is 9.88 Å². The average Bonchev–Trinajstić information content (AvgIpc) is 3.04. The van der Waals surface area contributed by atoms with Crippen LogP contribution >= 0.6 is 11.3 Å². The van der Waals surface area contributed by atoms with E-state index in [4.69, 9.17) is 0 Å². The monoisotopic (exact) mass is 278 g/mol. The maximum atomic E-state index is 4.52. The van der Waals surface area contributed by atoms with Crippen molar-refractivity contribution in [3.63, 3.8) is 0 Å². The summed E-state index contributed by atoms with van der Waals surface area (Å²) in [7, 11) is 0. The van der Waals surface area contributed by atoms with E-state index in [9.17, 15) is 0 Å². The van der Waals surface area contributed by atoms with Crippen LogP contribution < -0.4 is 5.32 Å². The van der Waals surface area contributed by atoms with Gasteiger partial charge in [-0.1, -0.05) is 20.8 Å². The molecule has 0 aliphatic carbocycles. The van der Waals surface area contributed by atoms with Crippen molar-refractivity contribution in [2.45, 2.75) is 40.2 Å². The Morgan fingerprint density at radius 2 is 2.11 bits per heavy atom. The maximum Gasteiger partial charge on any atom is 0.203 e. The minimum Gasteiger partial charge on any atom is -0.355 e. The summed E-state index contributed by atoms with van der Waals surface area (Å²) in [4.78, 5) is 10.2. The van der Waals surface area contributed by atoms with Gasteiger partial charge in [0.25, 0.3) is 0 Å². The number of rotatable bonds is 6. The summed E-state index contributed by atoms with van der Waals surface area (Å²) in [6.07, 6.45) is 6.88. The van der Waals surface area contributed by atoms with E-state index in [1.807, 2.05) is 18.6 Å². The first-order chi connectivity index (χ1) is 9.11. The van der Waals surface area contributed by atoms with E-state index in [2.05, 4.69) is 47.5 Å². The Morgan fingerprint density at radius 3 is 2.74 bits per heavy atom. The number of nitrogens with one attached hydrogen (secondary N) is 1. The van der Waals surface area contributed by atoms with Crippen molar-refractivity contribution < 1.29 is 0 Å². The van der Waals surface area contributed by atoms with Crippen molar-refractivity contribution in [1.29, 1.82) is 0 Å². The first-order valence-corrected chi connectivity index (χ1v) is 7.64. The molecule has 0 fully saturated rings. The van der Waals surface area contributed by atoms with E-state index >= 15 is 0 Å². The summed E-state index contributed by atoms with van der Waals surface area (Å²) in [6.45, 7) is 9.65. The number of imidazole rings is 1. The predicted octanol–water partition coefficient (Wildman–Crippen LogP) is 3.58. The summed E-state index contributed by atoms with van der Waals surface area (Å²) in [5, 5.41) is 4.53. The second-order valence-corrected chi connectivity index (χ2v) is 6.27. The molecule has 2 aromatic heterocycles. The molecular formula is C14H22N4S. The Morgan fingerprint density at radius 1 is 1.32 bits per heavy atom. The molecule has 1 unspecified atom stereocenters. The minimum absolute atomic E-state index is 0.225. The third-order valence-electron chi connectivity index (χ3n) is 3.03. The molecule has 0 spiro atoms. The molecule has 5 heteroatoms. The second-order valence-electron chi connectivity index (χ2n) is 5.13. The van der Waals surface area contributed by atoms with Crippen LogP contribution in [0.15, 0.2) is 18.6 Å². The van der Waals surface area contributed by atoms with E-state index < -0.39 is 0 Å². The number of aryl methyl sites for hydroxylation is 1. The number of thiazole rings is 1. The van der Waals surface area contributed by atoms with Crippen LogP contribution in [0.2, 0.25) is 0 Å². The molecule has 2 heterocycles. The molecule has 2 rings (SSSR count). The van der Waals surface area contributed by atoms with Crippen LogP contribution in [0.1, 0.15) is 43.6 Å². The third kappa shape index (κ3) is 3.35. The van der Waals surface area contributed by atoms with E-state index in [-0.39, 0.29) is 6.04 Å². The predicted molar refractivity (Wildman–Crippen MR) is 80.9 cm³/mol. The molecule has 0 aromatic carbocycles. The van der Waals surface area contributed by atoms with Gasteiger partial charge in [0, 0.05) is 30.0 Å². The van der Waals surface area contributed by atoms with Crippen LogP contribution in [-0.2, 0) is 6.42 Å². The van der Waals surface area contributed by atoms with Gasteiger partial charge in [0.05, 0.1) is 6.04 Å². The van der Waals surface area contributed by atoms with Gasteiger partial charge in [-0.3, -0.25) is 0 Å². The summed E-state index contributed by atoms with van der Waals surface area (Å²) in [6, 6.07) is 0.225. The largest absolute Gasteiger partial charge is 0.355 e. The number of nitrogens with zero attached hydrogens (tertiary/aromatic N) is 3. The summed E-state index contributed by atoms with van der Waals surface area (Å²) >= 11 is 1.78. The fourth-order valence-corrected chi connectivity index (χ4v) is 2.76. The van der Waals surface area contributed by atoms with Gasteiger partial charge in [0.2, 0.25) is 5.95 Å². The highest BCUT2D eigenvalue weighted by Crippen LogP contribution is 2.26. The molecule has 0 radical (unpaired) electrons. The van der Waals surface area contributed by atoms with Gasteiger partial charge in [0.1, 0.15) is 5.01 Å². The zero-order valence-electron chi connectivity index (χ0n) is 12.1. The zero-order chi connectivity index (χ0) is 13.8. The number of hydrogen-bond acceptors (Lipinski definition) is 4. The van der Waals surface area contributed by atoms with Crippen molar-refractivity contribution >= 4 is 17.3 Å². The fourth-order valence-electron chi connectivity index (χ4n) is 1.86. The maximum absolute atomic E-state index is 4.52. The van der Waals surface area contributed by atoms with Crippen molar-refractivity contribution in [2.75, 3.05) is 11.9 Å². The minimum atomic E-state index is 0.225. The summed E-state index contributed by atoms with van der Waals surface area (Å²) < 4.78 is 2.15. The fraction of sp³-hybridized carbons (Fsp3) is 0.571. The highest BCUT2D eigenvalue weighted by atomic mass is 32.1. The van der Waals surface area contributed by atoms with Crippen molar-refractivity contribution in [1.82, 2.24) is 14.5 Å². The van der Waals surface area contributed by atoms with Crippen LogP contribution in [0.5, 0.6) is 0 Å². The van der Waals surface area contributed by atoms with Gasteiger partial charge in [-0.25, -0.2) is 9.97 Å². The lowest BCUT2D eigenvalue weighted by Gasteiger charge is -2.15. The lowest BCUT2D eigenvalue weighted by atomic mass is 10.2. The van der Waals surface area contributed by atoms with Crippen LogP contribution in [-0.4, -0.2) is 21.1 Å². The Balaban J connectivity index is 2.14.